The fraction of sp³-hybridized carbons (Fsp3) is 0.458. The number of aromatic nitrogens is 2. The largest absolute Gasteiger partial charge is 0.497 e. The Labute approximate surface area is 438 Å². The third-order valence-corrected chi connectivity index (χ3v) is 15.2. The minimum Gasteiger partial charge on any atom is -0.497 e. The van der Waals surface area contributed by atoms with Crippen molar-refractivity contribution in [1.29, 1.82) is 0 Å². The van der Waals surface area contributed by atoms with Crippen molar-refractivity contribution in [3.8, 4) is 23.3 Å². The first-order valence-corrected chi connectivity index (χ1v) is 26.3. The smallest absolute Gasteiger partial charge is 0.330 e. The molecule has 14 nitrogen and oxygen atoms in total. The Kier molecular flexibility index (Phi) is 19.3. The maximum atomic E-state index is 13.8. The highest BCUT2D eigenvalue weighted by molar-refractivity contribution is 7.44. The topological polar surface area (TPSA) is 147 Å². The third-order valence-electron chi connectivity index (χ3n) is 13.0. The van der Waals surface area contributed by atoms with E-state index in [9.17, 15) is 14.4 Å². The average molecular weight is 1030 g/mol. The Bertz CT molecular complexity index is 2850. The number of benzene rings is 4. The molecular weight excluding hydrogens is 954 g/mol. The minimum atomic E-state index is -1.76. The van der Waals surface area contributed by atoms with Crippen LogP contribution in [0.25, 0.3) is 4.85 Å². The van der Waals surface area contributed by atoms with E-state index in [1.54, 1.807) is 14.2 Å². The number of hydrogen-bond acceptors (Lipinski definition) is 10. The van der Waals surface area contributed by atoms with Crippen LogP contribution in [-0.4, -0.2) is 84.9 Å². The summed E-state index contributed by atoms with van der Waals surface area (Å²) in [6, 6.07) is 29.7. The minimum absolute atomic E-state index is 0.0101. The number of amides is 1. The Morgan fingerprint density at radius 2 is 1.45 bits per heavy atom. The Morgan fingerprint density at radius 3 is 1.99 bits per heavy atom. The molecule has 0 bridgehead atoms. The third kappa shape index (κ3) is 13.8. The van der Waals surface area contributed by atoms with Gasteiger partial charge in [-0.3, -0.25) is 19.1 Å². The standard InChI is InChI=1S/C59H74N5O9P/c1-39(2)64(40(3)4)74(71-32-31-60-12)73-51-36-54(72-52(51)38-70-59(44-20-16-15-17-21-44,45-22-26-47(68-13)27-23-45)46-24-28-48(69-14)29-25-46)63-37-42(55(66)62-56(63)67)19-18-30-61-53(65)35-43-34-50(58(9,10)11)49(33-41(43)5)57(6,7)8/h15-17,20-29,33-34,37,39-40,51-52,54H,30-32,35-36,38H2,1-11,13-14H3,(H,61,65)(H,62,66,67). The van der Waals surface area contributed by atoms with E-state index in [-0.39, 0.29) is 73.5 Å². The summed E-state index contributed by atoms with van der Waals surface area (Å²) < 4.78 is 42.2. The summed E-state index contributed by atoms with van der Waals surface area (Å²) in [6.07, 6.45) is -0.729. The summed E-state index contributed by atoms with van der Waals surface area (Å²) in [6.45, 7) is 31.1. The van der Waals surface area contributed by atoms with Gasteiger partial charge >= 0.3 is 5.69 Å². The molecule has 5 aromatic rings. The average Bonchev–Trinajstić information content (AvgIpc) is 3.75. The Hall–Kier alpha value is -6.09. The van der Waals surface area contributed by atoms with Crippen molar-refractivity contribution in [3.63, 3.8) is 0 Å². The molecule has 4 aromatic carbocycles. The van der Waals surface area contributed by atoms with E-state index >= 15 is 0 Å². The number of ether oxygens (including phenoxy) is 4. The Morgan fingerprint density at radius 1 is 0.878 bits per heavy atom. The molecule has 74 heavy (non-hydrogen) atoms. The summed E-state index contributed by atoms with van der Waals surface area (Å²) in [5, 5.41) is 2.89. The van der Waals surface area contributed by atoms with Gasteiger partial charge in [0.2, 0.25) is 12.5 Å². The number of hydrogen-bond donors (Lipinski definition) is 2. The van der Waals surface area contributed by atoms with Gasteiger partial charge in [0, 0.05) is 24.7 Å². The monoisotopic (exact) mass is 1030 g/mol. The molecule has 15 heteroatoms. The van der Waals surface area contributed by atoms with Crippen LogP contribution in [-0.2, 0) is 46.2 Å². The molecule has 0 saturated carbocycles. The molecule has 0 radical (unpaired) electrons. The van der Waals surface area contributed by atoms with Crippen LogP contribution < -0.4 is 26.0 Å². The van der Waals surface area contributed by atoms with Crippen LogP contribution >= 0.6 is 8.53 Å². The molecule has 6 rings (SSSR count). The van der Waals surface area contributed by atoms with Crippen molar-refractivity contribution in [3.05, 3.63) is 174 Å². The first-order chi connectivity index (χ1) is 35.1. The van der Waals surface area contributed by atoms with Gasteiger partial charge in [0.15, 0.2) is 0 Å². The number of rotatable bonds is 20. The summed E-state index contributed by atoms with van der Waals surface area (Å²) >= 11 is 0. The first kappa shape index (κ1) is 57.2. The molecule has 394 valence electrons. The zero-order valence-electron chi connectivity index (χ0n) is 45.3. The van der Waals surface area contributed by atoms with E-state index < -0.39 is 43.8 Å². The zero-order valence-corrected chi connectivity index (χ0v) is 46.2. The molecule has 0 spiro atoms. The van der Waals surface area contributed by atoms with Crippen molar-refractivity contribution >= 4 is 14.4 Å². The molecule has 0 aliphatic carbocycles. The zero-order chi connectivity index (χ0) is 54.0. The molecule has 4 unspecified atom stereocenters. The van der Waals surface area contributed by atoms with Gasteiger partial charge in [0.05, 0.1) is 39.9 Å². The molecular formula is C59H74N5O9P. The normalized spacial score (nSPS) is 16.4. The van der Waals surface area contributed by atoms with Crippen LogP contribution in [0.4, 0.5) is 0 Å². The molecule has 1 fully saturated rings. The van der Waals surface area contributed by atoms with Gasteiger partial charge in [0.25, 0.3) is 14.1 Å². The molecule has 1 aliphatic heterocycles. The van der Waals surface area contributed by atoms with Crippen LogP contribution in [0, 0.1) is 25.3 Å². The quantitative estimate of drug-likeness (QED) is 0.0254. The maximum Gasteiger partial charge on any atom is 0.330 e. The second-order valence-electron chi connectivity index (χ2n) is 21.1. The number of H-pyrrole nitrogens is 1. The lowest BCUT2D eigenvalue weighted by atomic mass is 9.73. The van der Waals surface area contributed by atoms with Gasteiger partial charge in [-0.1, -0.05) is 120 Å². The van der Waals surface area contributed by atoms with Crippen molar-refractivity contribution in [2.75, 3.05) is 40.5 Å². The van der Waals surface area contributed by atoms with Gasteiger partial charge < -0.3 is 38.2 Å². The predicted octanol–water partition coefficient (Wildman–Crippen LogP) is 10.1. The van der Waals surface area contributed by atoms with Crippen molar-refractivity contribution in [2.45, 2.75) is 136 Å². The lowest BCUT2D eigenvalue weighted by Gasteiger charge is -2.39. The van der Waals surface area contributed by atoms with Gasteiger partial charge in [-0.2, -0.15) is 0 Å². The van der Waals surface area contributed by atoms with Crippen LogP contribution in [0.15, 0.2) is 107 Å². The number of nitrogens with one attached hydrogen (secondary N) is 2. The predicted molar refractivity (Wildman–Crippen MR) is 292 cm³/mol. The van der Waals surface area contributed by atoms with Crippen LogP contribution in [0.3, 0.4) is 0 Å². The summed E-state index contributed by atoms with van der Waals surface area (Å²) in [4.78, 5) is 46.4. The van der Waals surface area contributed by atoms with Crippen molar-refractivity contribution in [2.24, 2.45) is 0 Å². The summed E-state index contributed by atoms with van der Waals surface area (Å²) in [7, 11) is 1.47. The Balaban J connectivity index is 1.34. The number of carbonyl (C=O) groups excluding carboxylic acids is 1. The van der Waals surface area contributed by atoms with Crippen LogP contribution in [0.1, 0.15) is 126 Å². The van der Waals surface area contributed by atoms with E-state index in [0.29, 0.717) is 11.5 Å². The van der Waals surface area contributed by atoms with Gasteiger partial charge in [-0.15, -0.1) is 0 Å². The van der Waals surface area contributed by atoms with Crippen molar-refractivity contribution in [1.82, 2.24) is 19.5 Å². The van der Waals surface area contributed by atoms with Crippen LogP contribution in [0.2, 0.25) is 0 Å². The second kappa shape index (κ2) is 25.0. The SMILES string of the molecule is [C-]#[N+]CCOP(OC1CC(n2cc(C#CCNC(=O)Cc3cc(C(C)(C)C)c(C(C)(C)C)cc3C)c(=O)[nH]c2=O)OC1COC(c1ccccc1)(c1ccc(OC)cc1)c1ccc(OC)cc1)N(C(C)C)C(C)C. The number of methoxy groups -OCH3 is 2. The number of aryl methyl sites for hydroxylation is 1. The molecule has 4 atom stereocenters. The molecule has 2 heterocycles. The van der Waals surface area contributed by atoms with E-state index in [1.807, 2.05) is 85.8 Å². The molecule has 1 aromatic heterocycles. The van der Waals surface area contributed by atoms with Gasteiger partial charge in [0.1, 0.15) is 41.6 Å². The highest BCUT2D eigenvalue weighted by atomic mass is 31.2. The van der Waals surface area contributed by atoms with E-state index in [1.165, 1.54) is 21.9 Å². The highest BCUT2D eigenvalue weighted by Crippen LogP contribution is 2.51. The number of nitrogens with zero attached hydrogens (tertiary/aromatic N) is 3. The first-order valence-electron chi connectivity index (χ1n) is 25.2. The van der Waals surface area contributed by atoms with E-state index in [4.69, 9.17) is 34.6 Å². The molecule has 1 saturated heterocycles. The number of aromatic amines is 1. The van der Waals surface area contributed by atoms with E-state index in [2.05, 4.69) is 113 Å². The van der Waals surface area contributed by atoms with Gasteiger partial charge in [-0.05, 0) is 109 Å². The highest BCUT2D eigenvalue weighted by Gasteiger charge is 2.45. The lowest BCUT2D eigenvalue weighted by Crippen LogP contribution is -2.39. The molecule has 1 aliphatic rings. The summed E-state index contributed by atoms with van der Waals surface area (Å²) in [5.74, 6) is 6.95. The lowest BCUT2D eigenvalue weighted by molar-refractivity contribution is -0.120. The summed E-state index contributed by atoms with van der Waals surface area (Å²) in [5.41, 5.74) is 4.17. The fourth-order valence-corrected chi connectivity index (χ4v) is 11.1. The maximum absolute atomic E-state index is 13.8. The second-order valence-corrected chi connectivity index (χ2v) is 22.5. The van der Waals surface area contributed by atoms with Crippen LogP contribution in [0.5, 0.6) is 11.5 Å². The molecule has 2 N–H and O–H groups in total. The van der Waals surface area contributed by atoms with Crippen molar-refractivity contribution < 1.29 is 32.8 Å². The number of carbonyl (C=O) groups is 1. The molecule has 1 amide bonds. The fourth-order valence-electron chi connectivity index (χ4n) is 9.31. The van der Waals surface area contributed by atoms with Gasteiger partial charge in [-0.25, -0.2) is 16.0 Å². The van der Waals surface area contributed by atoms with E-state index in [0.717, 1.165) is 27.8 Å².